The van der Waals surface area contributed by atoms with Crippen molar-refractivity contribution in [2.75, 3.05) is 11.4 Å². The molecule has 0 saturated carbocycles. The molecule has 8 heteroatoms. The van der Waals surface area contributed by atoms with Crippen molar-refractivity contribution in [3.63, 3.8) is 0 Å². The Morgan fingerprint density at radius 1 is 1.21 bits per heavy atom. The van der Waals surface area contributed by atoms with Crippen molar-refractivity contribution < 1.29 is 9.21 Å². The quantitative estimate of drug-likeness (QED) is 0.555. The number of nitrogens with zero attached hydrogens (tertiary/aromatic N) is 4. The van der Waals surface area contributed by atoms with Crippen LogP contribution in [0.3, 0.4) is 0 Å². The number of carbonyl (C=O) groups is 1. The van der Waals surface area contributed by atoms with E-state index in [9.17, 15) is 4.79 Å². The summed E-state index contributed by atoms with van der Waals surface area (Å²) in [6, 6.07) is 14.5. The number of fused-ring (bicyclic) bond motifs is 1. The van der Waals surface area contributed by atoms with Gasteiger partial charge in [-0.3, -0.25) is 4.79 Å². The van der Waals surface area contributed by atoms with E-state index in [1.165, 1.54) is 22.1 Å². The van der Waals surface area contributed by atoms with Crippen molar-refractivity contribution in [3.8, 4) is 21.3 Å². The summed E-state index contributed by atoms with van der Waals surface area (Å²) in [5.41, 5.74) is 7.38. The minimum absolute atomic E-state index is 0.335. The van der Waals surface area contributed by atoms with Gasteiger partial charge in [-0.05, 0) is 36.6 Å². The summed E-state index contributed by atoms with van der Waals surface area (Å²) in [5, 5.41) is 11.6. The SMILES string of the molecule is Cc1nc(-c2ccc3ccccc3c2)sc1-c1nnc(N2CCC[C@@H]2C(N)=O)o1. The van der Waals surface area contributed by atoms with E-state index in [1.54, 1.807) is 4.90 Å². The topological polar surface area (TPSA) is 98.1 Å². The number of primary amides is 1. The maximum Gasteiger partial charge on any atom is 0.319 e. The van der Waals surface area contributed by atoms with E-state index in [-0.39, 0.29) is 11.9 Å². The zero-order valence-electron chi connectivity index (χ0n) is 15.8. The van der Waals surface area contributed by atoms with Crippen molar-refractivity contribution in [2.45, 2.75) is 25.8 Å². The molecule has 1 atom stereocenters. The highest BCUT2D eigenvalue weighted by molar-refractivity contribution is 7.18. The lowest BCUT2D eigenvalue weighted by Crippen LogP contribution is -2.40. The predicted octanol–water partition coefficient (Wildman–Crippen LogP) is 3.78. The van der Waals surface area contributed by atoms with Gasteiger partial charge < -0.3 is 15.1 Å². The molecule has 5 rings (SSSR count). The largest absolute Gasteiger partial charge is 0.402 e. The number of anilines is 1. The number of nitrogens with two attached hydrogens (primary N) is 1. The molecule has 0 spiro atoms. The number of thiazole rings is 1. The first-order chi connectivity index (χ1) is 14.1. The fourth-order valence-electron chi connectivity index (χ4n) is 3.76. The van der Waals surface area contributed by atoms with Crippen LogP contribution in [0.25, 0.3) is 32.1 Å². The maximum absolute atomic E-state index is 11.7. The molecule has 0 radical (unpaired) electrons. The molecule has 2 N–H and O–H groups in total. The van der Waals surface area contributed by atoms with Crippen LogP contribution in [0.5, 0.6) is 0 Å². The van der Waals surface area contributed by atoms with E-state index in [1.807, 2.05) is 19.1 Å². The van der Waals surface area contributed by atoms with Gasteiger partial charge in [0.2, 0.25) is 5.91 Å². The van der Waals surface area contributed by atoms with Crippen LogP contribution < -0.4 is 10.6 Å². The molecule has 1 amide bonds. The third-order valence-corrected chi connectivity index (χ3v) is 6.42. The molecule has 1 aliphatic heterocycles. The monoisotopic (exact) mass is 405 g/mol. The first-order valence-corrected chi connectivity index (χ1v) is 10.3. The summed E-state index contributed by atoms with van der Waals surface area (Å²) < 4.78 is 5.90. The number of rotatable bonds is 4. The molecule has 2 aromatic heterocycles. The molecule has 7 nitrogen and oxygen atoms in total. The molecule has 1 saturated heterocycles. The summed E-state index contributed by atoms with van der Waals surface area (Å²) in [5.74, 6) is 0.0481. The molecule has 4 aromatic rings. The third kappa shape index (κ3) is 3.15. The van der Waals surface area contributed by atoms with Crippen LogP contribution in [0.4, 0.5) is 6.01 Å². The first kappa shape index (κ1) is 17.8. The lowest BCUT2D eigenvalue weighted by atomic mass is 10.1. The molecular formula is C21H19N5O2S. The maximum atomic E-state index is 11.7. The number of hydrogen-bond acceptors (Lipinski definition) is 7. The van der Waals surface area contributed by atoms with E-state index >= 15 is 0 Å². The highest BCUT2D eigenvalue weighted by Crippen LogP contribution is 2.37. The second-order valence-electron chi connectivity index (χ2n) is 7.14. The lowest BCUT2D eigenvalue weighted by molar-refractivity contribution is -0.119. The average Bonchev–Trinajstić information content (AvgIpc) is 3.46. The average molecular weight is 405 g/mol. The van der Waals surface area contributed by atoms with Gasteiger partial charge in [-0.1, -0.05) is 41.5 Å². The Hall–Kier alpha value is -3.26. The Kier molecular flexibility index (Phi) is 4.28. The molecular weight excluding hydrogens is 386 g/mol. The van der Waals surface area contributed by atoms with Crippen LogP contribution in [-0.2, 0) is 4.79 Å². The van der Waals surface area contributed by atoms with Gasteiger partial charge in [0.1, 0.15) is 15.9 Å². The predicted molar refractivity (Wildman–Crippen MR) is 113 cm³/mol. The molecule has 0 unspecified atom stereocenters. The van der Waals surface area contributed by atoms with Crippen LogP contribution in [0.2, 0.25) is 0 Å². The number of benzene rings is 2. The minimum Gasteiger partial charge on any atom is -0.402 e. The third-order valence-electron chi connectivity index (χ3n) is 5.23. The Morgan fingerprint density at radius 3 is 2.86 bits per heavy atom. The first-order valence-electron chi connectivity index (χ1n) is 9.46. The fraction of sp³-hybridized carbons (Fsp3) is 0.238. The van der Waals surface area contributed by atoms with Crippen molar-refractivity contribution in [3.05, 3.63) is 48.2 Å². The highest BCUT2D eigenvalue weighted by atomic mass is 32.1. The number of hydrogen-bond donors (Lipinski definition) is 1. The normalized spacial score (nSPS) is 16.6. The summed E-state index contributed by atoms with van der Waals surface area (Å²) in [4.78, 5) is 19.0. The standard InChI is InChI=1S/C21H19N5O2S/c1-12-17(19-24-25-21(28-19)26-10-4-7-16(26)18(22)27)29-20(23-12)15-9-8-13-5-2-3-6-14(13)11-15/h2-3,5-6,8-9,11,16H,4,7,10H2,1H3,(H2,22,27)/t16-/m1/s1. The van der Waals surface area contributed by atoms with E-state index in [2.05, 4.69) is 40.5 Å². The second-order valence-corrected chi connectivity index (χ2v) is 8.14. The lowest BCUT2D eigenvalue weighted by Gasteiger charge is -2.18. The Labute approximate surface area is 171 Å². The number of aromatic nitrogens is 3. The van der Waals surface area contributed by atoms with E-state index < -0.39 is 0 Å². The zero-order valence-corrected chi connectivity index (χ0v) is 16.6. The number of carbonyl (C=O) groups excluding carboxylic acids is 1. The van der Waals surface area contributed by atoms with Crippen molar-refractivity contribution >= 4 is 34.0 Å². The molecule has 1 fully saturated rings. The van der Waals surface area contributed by atoms with Gasteiger partial charge in [-0.25, -0.2) is 4.98 Å². The fourth-order valence-corrected chi connectivity index (χ4v) is 4.74. The Bertz CT molecular complexity index is 1210. The van der Waals surface area contributed by atoms with E-state index in [0.29, 0.717) is 24.9 Å². The molecule has 3 heterocycles. The summed E-state index contributed by atoms with van der Waals surface area (Å²) in [6.45, 7) is 2.61. The summed E-state index contributed by atoms with van der Waals surface area (Å²) in [7, 11) is 0. The Morgan fingerprint density at radius 2 is 2.03 bits per heavy atom. The Balaban J connectivity index is 1.48. The molecule has 0 aliphatic carbocycles. The van der Waals surface area contributed by atoms with E-state index in [4.69, 9.17) is 15.1 Å². The molecule has 1 aliphatic rings. The summed E-state index contributed by atoms with van der Waals surface area (Å²) in [6.07, 6.45) is 1.58. The van der Waals surface area contributed by atoms with Crippen LogP contribution >= 0.6 is 11.3 Å². The van der Waals surface area contributed by atoms with Gasteiger partial charge in [0.25, 0.3) is 5.89 Å². The molecule has 146 valence electrons. The number of amides is 1. The zero-order chi connectivity index (χ0) is 20.0. The molecule has 2 aromatic carbocycles. The smallest absolute Gasteiger partial charge is 0.319 e. The van der Waals surface area contributed by atoms with Crippen molar-refractivity contribution in [1.29, 1.82) is 0 Å². The van der Waals surface area contributed by atoms with Crippen molar-refractivity contribution in [1.82, 2.24) is 15.2 Å². The highest BCUT2D eigenvalue weighted by Gasteiger charge is 2.33. The van der Waals surface area contributed by atoms with Crippen LogP contribution in [0, 0.1) is 6.92 Å². The van der Waals surface area contributed by atoms with Gasteiger partial charge in [0, 0.05) is 12.1 Å². The van der Waals surface area contributed by atoms with Gasteiger partial charge >= 0.3 is 6.01 Å². The molecule has 29 heavy (non-hydrogen) atoms. The minimum atomic E-state index is -0.390. The van der Waals surface area contributed by atoms with Crippen molar-refractivity contribution in [2.24, 2.45) is 5.73 Å². The van der Waals surface area contributed by atoms with Crippen LogP contribution in [-0.4, -0.2) is 33.7 Å². The van der Waals surface area contributed by atoms with Gasteiger partial charge in [0.05, 0.1) is 5.69 Å². The van der Waals surface area contributed by atoms with E-state index in [0.717, 1.165) is 27.6 Å². The van der Waals surface area contributed by atoms with Gasteiger partial charge in [-0.15, -0.1) is 16.4 Å². The number of aryl methyl sites for hydroxylation is 1. The van der Waals surface area contributed by atoms with Crippen LogP contribution in [0.1, 0.15) is 18.5 Å². The molecule has 0 bridgehead atoms. The van der Waals surface area contributed by atoms with Crippen LogP contribution in [0.15, 0.2) is 46.9 Å². The van der Waals surface area contributed by atoms with Gasteiger partial charge in [-0.2, -0.15) is 0 Å². The van der Waals surface area contributed by atoms with Gasteiger partial charge in [0.15, 0.2) is 0 Å². The second kappa shape index (κ2) is 6.97. The summed E-state index contributed by atoms with van der Waals surface area (Å²) >= 11 is 1.52.